The Morgan fingerprint density at radius 2 is 1.85 bits per heavy atom. The summed E-state index contributed by atoms with van der Waals surface area (Å²) in [5, 5.41) is 1.10. The number of ether oxygens (including phenoxy) is 1. The second-order valence-corrected chi connectivity index (χ2v) is 6.24. The minimum absolute atomic E-state index is 0.0468. The lowest BCUT2D eigenvalue weighted by Crippen LogP contribution is -2.47. The van der Waals surface area contributed by atoms with Gasteiger partial charge in [0.1, 0.15) is 11.6 Å². The Labute approximate surface area is 159 Å². The quantitative estimate of drug-likeness (QED) is 0.665. The van der Waals surface area contributed by atoms with Gasteiger partial charge in [-0.15, -0.1) is 0 Å². The van der Waals surface area contributed by atoms with Crippen molar-refractivity contribution < 1.29 is 23.1 Å². The van der Waals surface area contributed by atoms with Crippen LogP contribution in [-0.2, 0) is 4.79 Å². The highest BCUT2D eigenvalue weighted by Gasteiger charge is 2.21. The van der Waals surface area contributed by atoms with Crippen LogP contribution in [0.1, 0.15) is 23.0 Å². The third-order valence-corrected chi connectivity index (χ3v) is 4.21. The summed E-state index contributed by atoms with van der Waals surface area (Å²) in [7, 11) is 0. The first-order chi connectivity index (χ1) is 12.9. The summed E-state index contributed by atoms with van der Waals surface area (Å²) < 4.78 is 23.8. The number of fused-ring (bicyclic) bond motifs is 1. The van der Waals surface area contributed by atoms with Crippen molar-refractivity contribution >= 4 is 34.4 Å². The van der Waals surface area contributed by atoms with E-state index in [2.05, 4.69) is 10.9 Å². The normalized spacial score (nSPS) is 11.9. The van der Waals surface area contributed by atoms with E-state index in [4.69, 9.17) is 20.8 Å². The summed E-state index contributed by atoms with van der Waals surface area (Å²) in [5.74, 6) is -1.24. The molecule has 0 fully saturated rings. The number of hydrogen-bond acceptors (Lipinski definition) is 4. The highest BCUT2D eigenvalue weighted by atomic mass is 35.5. The second kappa shape index (κ2) is 7.67. The highest BCUT2D eigenvalue weighted by Crippen LogP contribution is 2.30. The molecule has 0 aliphatic heterocycles. The average Bonchev–Trinajstić information content (AvgIpc) is 2.99. The molecule has 0 radical (unpaired) electrons. The lowest BCUT2D eigenvalue weighted by molar-refractivity contribution is -0.128. The standard InChI is InChI=1S/C19H16ClFN2O4/c1-10-14-4-3-5-15(20)17(14)27-16(10)19(25)23-22-18(24)11(2)26-13-8-6-12(21)7-9-13/h3-9,11H,1-2H3,(H,22,24)(H,23,25). The van der Waals surface area contributed by atoms with Crippen LogP contribution in [-0.4, -0.2) is 17.9 Å². The number of rotatable bonds is 4. The molecule has 0 aliphatic rings. The molecule has 0 saturated carbocycles. The third-order valence-electron chi connectivity index (χ3n) is 3.92. The van der Waals surface area contributed by atoms with Crippen molar-refractivity contribution in [1.29, 1.82) is 0 Å². The number of hydrogen-bond donors (Lipinski definition) is 2. The molecule has 2 aromatic carbocycles. The number of amides is 2. The Balaban J connectivity index is 1.63. The first-order valence-corrected chi connectivity index (χ1v) is 8.44. The van der Waals surface area contributed by atoms with Crippen molar-refractivity contribution in [2.45, 2.75) is 20.0 Å². The predicted octanol–water partition coefficient (Wildman–Crippen LogP) is 3.76. The summed E-state index contributed by atoms with van der Waals surface area (Å²) in [6, 6.07) is 10.4. The summed E-state index contributed by atoms with van der Waals surface area (Å²) in [6.45, 7) is 3.22. The third kappa shape index (κ3) is 4.03. The van der Waals surface area contributed by atoms with Crippen LogP contribution in [0.25, 0.3) is 11.0 Å². The largest absolute Gasteiger partial charge is 0.481 e. The van der Waals surface area contributed by atoms with Crippen LogP contribution in [0.5, 0.6) is 5.75 Å². The van der Waals surface area contributed by atoms with Crippen LogP contribution in [0.15, 0.2) is 46.9 Å². The van der Waals surface area contributed by atoms with Crippen molar-refractivity contribution in [3.05, 3.63) is 64.6 Å². The van der Waals surface area contributed by atoms with Crippen LogP contribution >= 0.6 is 11.6 Å². The number of benzene rings is 2. The molecule has 3 rings (SSSR count). The van der Waals surface area contributed by atoms with E-state index in [9.17, 15) is 14.0 Å². The molecule has 140 valence electrons. The van der Waals surface area contributed by atoms with Crippen molar-refractivity contribution in [3.63, 3.8) is 0 Å². The fourth-order valence-corrected chi connectivity index (χ4v) is 2.69. The maximum Gasteiger partial charge on any atom is 0.305 e. The van der Waals surface area contributed by atoms with E-state index in [1.165, 1.54) is 31.2 Å². The number of carbonyl (C=O) groups excluding carboxylic acids is 2. The van der Waals surface area contributed by atoms with Crippen LogP contribution < -0.4 is 15.6 Å². The summed E-state index contributed by atoms with van der Waals surface area (Å²) in [6.07, 6.45) is -0.915. The van der Waals surface area contributed by atoms with Crippen LogP contribution in [0, 0.1) is 12.7 Å². The Bertz CT molecular complexity index is 1000. The lowest BCUT2D eigenvalue weighted by Gasteiger charge is -2.14. The Morgan fingerprint density at radius 1 is 1.15 bits per heavy atom. The predicted molar refractivity (Wildman–Crippen MR) is 98.1 cm³/mol. The van der Waals surface area contributed by atoms with E-state index in [-0.39, 0.29) is 5.76 Å². The van der Waals surface area contributed by atoms with Crippen LogP contribution in [0.3, 0.4) is 0 Å². The molecule has 1 aromatic heterocycles. The SMILES string of the molecule is Cc1c(C(=O)NNC(=O)C(C)Oc2ccc(F)cc2)oc2c(Cl)cccc12. The number of aryl methyl sites for hydroxylation is 1. The molecule has 1 heterocycles. The van der Waals surface area contributed by atoms with Gasteiger partial charge >= 0.3 is 5.91 Å². The fourth-order valence-electron chi connectivity index (χ4n) is 2.47. The summed E-state index contributed by atoms with van der Waals surface area (Å²) >= 11 is 6.07. The molecule has 27 heavy (non-hydrogen) atoms. The number of hydrazine groups is 1. The zero-order valence-corrected chi connectivity index (χ0v) is 15.3. The van der Waals surface area contributed by atoms with Crippen molar-refractivity contribution in [3.8, 4) is 5.75 Å². The topological polar surface area (TPSA) is 80.6 Å². The van der Waals surface area contributed by atoms with E-state index in [0.29, 0.717) is 27.3 Å². The average molecular weight is 391 g/mol. The van der Waals surface area contributed by atoms with Gasteiger partial charge in [0.2, 0.25) is 0 Å². The van der Waals surface area contributed by atoms with E-state index in [1.54, 1.807) is 25.1 Å². The van der Waals surface area contributed by atoms with Crippen molar-refractivity contribution in [2.75, 3.05) is 0 Å². The zero-order chi connectivity index (χ0) is 19.6. The molecule has 0 saturated heterocycles. The molecule has 3 aromatic rings. The maximum absolute atomic E-state index is 12.9. The van der Waals surface area contributed by atoms with Gasteiger partial charge in [0.25, 0.3) is 5.91 Å². The van der Waals surface area contributed by atoms with Gasteiger partial charge in [-0.3, -0.25) is 20.4 Å². The number of furan rings is 1. The van der Waals surface area contributed by atoms with E-state index >= 15 is 0 Å². The van der Waals surface area contributed by atoms with E-state index in [1.807, 2.05) is 0 Å². The Kier molecular flexibility index (Phi) is 5.32. The Morgan fingerprint density at radius 3 is 2.52 bits per heavy atom. The zero-order valence-electron chi connectivity index (χ0n) is 14.5. The smallest absolute Gasteiger partial charge is 0.305 e. The monoisotopic (exact) mass is 390 g/mol. The Hall–Kier alpha value is -3.06. The first kappa shape index (κ1) is 18.7. The molecule has 0 aliphatic carbocycles. The first-order valence-electron chi connectivity index (χ1n) is 8.07. The molecular formula is C19H16ClFN2O4. The van der Waals surface area contributed by atoms with Gasteiger partial charge in [-0.05, 0) is 44.2 Å². The molecule has 8 heteroatoms. The van der Waals surface area contributed by atoms with Gasteiger partial charge in [-0.2, -0.15) is 0 Å². The van der Waals surface area contributed by atoms with Gasteiger partial charge in [0.05, 0.1) is 5.02 Å². The van der Waals surface area contributed by atoms with Gasteiger partial charge in [-0.25, -0.2) is 4.39 Å². The van der Waals surface area contributed by atoms with E-state index < -0.39 is 23.7 Å². The summed E-state index contributed by atoms with van der Waals surface area (Å²) in [5.41, 5.74) is 5.56. The molecule has 0 bridgehead atoms. The lowest BCUT2D eigenvalue weighted by atomic mass is 10.1. The number of halogens is 2. The molecule has 2 amide bonds. The van der Waals surface area contributed by atoms with Crippen molar-refractivity contribution in [2.24, 2.45) is 0 Å². The van der Waals surface area contributed by atoms with Gasteiger partial charge in [0.15, 0.2) is 17.4 Å². The van der Waals surface area contributed by atoms with Gasteiger partial charge in [0, 0.05) is 10.9 Å². The maximum atomic E-state index is 12.9. The molecule has 6 nitrogen and oxygen atoms in total. The molecule has 1 atom stereocenters. The molecule has 2 N–H and O–H groups in total. The molecular weight excluding hydrogens is 375 g/mol. The number of nitrogens with one attached hydrogen (secondary N) is 2. The molecule has 1 unspecified atom stereocenters. The minimum atomic E-state index is -0.915. The summed E-state index contributed by atoms with van der Waals surface area (Å²) in [4.78, 5) is 24.4. The number of para-hydroxylation sites is 1. The van der Waals surface area contributed by atoms with Crippen LogP contribution in [0.2, 0.25) is 5.02 Å². The van der Waals surface area contributed by atoms with Crippen LogP contribution in [0.4, 0.5) is 4.39 Å². The fraction of sp³-hybridized carbons (Fsp3) is 0.158. The number of carbonyl (C=O) groups is 2. The van der Waals surface area contributed by atoms with Gasteiger partial charge < -0.3 is 9.15 Å². The minimum Gasteiger partial charge on any atom is -0.481 e. The molecule has 0 spiro atoms. The van der Waals surface area contributed by atoms with Crippen molar-refractivity contribution in [1.82, 2.24) is 10.9 Å². The van der Waals surface area contributed by atoms with Gasteiger partial charge in [-0.1, -0.05) is 23.7 Å². The highest BCUT2D eigenvalue weighted by molar-refractivity contribution is 6.35. The second-order valence-electron chi connectivity index (χ2n) is 5.83. The van der Waals surface area contributed by atoms with E-state index in [0.717, 1.165) is 0 Å².